The van der Waals surface area contributed by atoms with E-state index in [4.69, 9.17) is 11.6 Å². The maximum atomic E-state index is 13.9. The van der Waals surface area contributed by atoms with Crippen LogP contribution in [0.25, 0.3) is 0 Å². The van der Waals surface area contributed by atoms with Crippen LogP contribution in [0.3, 0.4) is 0 Å². The molecule has 0 unspecified atom stereocenters. The number of amides is 2. The molecular formula is C19H17ClFN3O2. The Morgan fingerprint density at radius 1 is 1.19 bits per heavy atom. The van der Waals surface area contributed by atoms with Gasteiger partial charge < -0.3 is 4.90 Å². The van der Waals surface area contributed by atoms with E-state index in [1.807, 2.05) is 6.07 Å². The lowest BCUT2D eigenvalue weighted by atomic mass is 10.1. The summed E-state index contributed by atoms with van der Waals surface area (Å²) in [5, 5.41) is 5.72. The van der Waals surface area contributed by atoms with E-state index in [-0.39, 0.29) is 47.5 Å². The molecule has 0 fully saturated rings. The number of nitrogens with zero attached hydrogens (tertiary/aromatic N) is 3. The van der Waals surface area contributed by atoms with Gasteiger partial charge in [-0.15, -0.1) is 0 Å². The number of carbonyl (C=O) groups is 2. The first-order valence-electron chi connectivity index (χ1n) is 8.11. The number of hydrogen-bond acceptors (Lipinski definition) is 3. The van der Waals surface area contributed by atoms with Gasteiger partial charge in [0.05, 0.1) is 12.2 Å². The van der Waals surface area contributed by atoms with E-state index in [0.29, 0.717) is 5.69 Å². The van der Waals surface area contributed by atoms with E-state index in [1.165, 1.54) is 22.0 Å². The number of hydrogen-bond donors (Lipinski definition) is 0. The molecule has 0 spiro atoms. The summed E-state index contributed by atoms with van der Waals surface area (Å²) in [7, 11) is 1.55. The minimum atomic E-state index is -0.469. The van der Waals surface area contributed by atoms with Gasteiger partial charge in [0.25, 0.3) is 5.91 Å². The van der Waals surface area contributed by atoms with Gasteiger partial charge in [-0.1, -0.05) is 35.9 Å². The highest BCUT2D eigenvalue weighted by molar-refractivity contribution is 6.40. The van der Waals surface area contributed by atoms with Crippen LogP contribution in [0.4, 0.5) is 10.1 Å². The lowest BCUT2D eigenvalue weighted by Crippen LogP contribution is -2.39. The third kappa shape index (κ3) is 3.75. The van der Waals surface area contributed by atoms with Gasteiger partial charge in [0, 0.05) is 30.5 Å². The second-order valence-corrected chi connectivity index (χ2v) is 6.36. The fraction of sp³-hybridized carbons (Fsp3) is 0.211. The number of para-hydroxylation sites is 1. The molecule has 1 aliphatic heterocycles. The number of carbonyl (C=O) groups excluding carboxylic acids is 2. The van der Waals surface area contributed by atoms with Crippen LogP contribution in [0.1, 0.15) is 18.4 Å². The van der Waals surface area contributed by atoms with Crippen molar-refractivity contribution in [3.63, 3.8) is 0 Å². The fourth-order valence-corrected chi connectivity index (χ4v) is 2.91. The largest absolute Gasteiger partial charge is 0.336 e. The predicted molar refractivity (Wildman–Crippen MR) is 98.5 cm³/mol. The van der Waals surface area contributed by atoms with Gasteiger partial charge in [-0.3, -0.25) is 9.59 Å². The Balaban J connectivity index is 1.81. The van der Waals surface area contributed by atoms with Gasteiger partial charge in [0.1, 0.15) is 11.5 Å². The van der Waals surface area contributed by atoms with Crippen molar-refractivity contribution in [2.45, 2.75) is 19.4 Å². The number of rotatable bonds is 4. The molecule has 0 atom stereocenters. The van der Waals surface area contributed by atoms with Crippen LogP contribution in [-0.2, 0) is 16.1 Å². The van der Waals surface area contributed by atoms with Gasteiger partial charge in [0.2, 0.25) is 5.91 Å². The summed E-state index contributed by atoms with van der Waals surface area (Å²) in [6.07, 6.45) is 0.435. The van der Waals surface area contributed by atoms with Gasteiger partial charge in [-0.05, 0) is 24.3 Å². The molecule has 1 heterocycles. The maximum Gasteiger partial charge on any atom is 0.270 e. The van der Waals surface area contributed by atoms with Crippen LogP contribution in [0.15, 0.2) is 53.6 Å². The van der Waals surface area contributed by atoms with Gasteiger partial charge in [0.15, 0.2) is 0 Å². The summed E-state index contributed by atoms with van der Waals surface area (Å²) < 4.78 is 13.9. The molecule has 2 amide bonds. The first-order chi connectivity index (χ1) is 12.5. The summed E-state index contributed by atoms with van der Waals surface area (Å²) >= 11 is 6.03. The third-order valence-electron chi connectivity index (χ3n) is 4.08. The molecule has 0 aliphatic carbocycles. The van der Waals surface area contributed by atoms with E-state index >= 15 is 0 Å². The molecule has 0 aromatic heterocycles. The lowest BCUT2D eigenvalue weighted by molar-refractivity contribution is -0.123. The smallest absolute Gasteiger partial charge is 0.270 e. The minimum absolute atomic E-state index is 0.0165. The SMILES string of the molecule is CN(Cc1c(F)cccc1Cl)C(=O)C1=NN(c2ccccc2)C(=O)CC1. The van der Waals surface area contributed by atoms with Gasteiger partial charge in [-0.25, -0.2) is 9.40 Å². The Hall–Kier alpha value is -2.73. The Morgan fingerprint density at radius 2 is 1.92 bits per heavy atom. The van der Waals surface area contributed by atoms with Crippen molar-refractivity contribution < 1.29 is 14.0 Å². The summed E-state index contributed by atoms with van der Waals surface area (Å²) in [5.74, 6) is -1.01. The average Bonchev–Trinajstić information content (AvgIpc) is 2.65. The first kappa shape index (κ1) is 18.1. The fourth-order valence-electron chi connectivity index (χ4n) is 2.69. The van der Waals surface area contributed by atoms with Crippen LogP contribution >= 0.6 is 11.6 Å². The van der Waals surface area contributed by atoms with Crippen molar-refractivity contribution in [1.82, 2.24) is 4.90 Å². The molecule has 5 nitrogen and oxygen atoms in total. The van der Waals surface area contributed by atoms with Gasteiger partial charge in [-0.2, -0.15) is 5.10 Å². The summed E-state index contributed by atoms with van der Waals surface area (Å²) in [6, 6.07) is 13.3. The van der Waals surface area contributed by atoms with E-state index in [2.05, 4.69) is 5.10 Å². The Labute approximate surface area is 155 Å². The van der Waals surface area contributed by atoms with Crippen LogP contribution in [0.2, 0.25) is 5.02 Å². The van der Waals surface area contributed by atoms with E-state index in [1.54, 1.807) is 37.4 Å². The van der Waals surface area contributed by atoms with E-state index in [0.717, 1.165) is 0 Å². The zero-order chi connectivity index (χ0) is 18.7. The van der Waals surface area contributed by atoms with E-state index < -0.39 is 5.82 Å². The molecule has 0 bridgehead atoms. The van der Waals surface area contributed by atoms with Crippen molar-refractivity contribution in [1.29, 1.82) is 0 Å². The van der Waals surface area contributed by atoms with Crippen LogP contribution < -0.4 is 5.01 Å². The van der Waals surface area contributed by atoms with Crippen LogP contribution in [0, 0.1) is 5.82 Å². The molecule has 26 heavy (non-hydrogen) atoms. The van der Waals surface area contributed by atoms with Crippen molar-refractivity contribution in [3.05, 3.63) is 64.9 Å². The van der Waals surface area contributed by atoms with Crippen LogP contribution in [0.5, 0.6) is 0 Å². The number of hydrazone groups is 1. The molecule has 2 aromatic carbocycles. The molecule has 1 aliphatic rings. The second kappa shape index (κ2) is 7.66. The Kier molecular flexibility index (Phi) is 5.32. The topological polar surface area (TPSA) is 53.0 Å². The maximum absolute atomic E-state index is 13.9. The molecule has 7 heteroatoms. The van der Waals surface area contributed by atoms with Crippen molar-refractivity contribution in [2.24, 2.45) is 5.10 Å². The molecule has 134 valence electrons. The quantitative estimate of drug-likeness (QED) is 0.821. The Bertz CT molecular complexity index is 850. The van der Waals surface area contributed by atoms with Crippen molar-refractivity contribution in [3.8, 4) is 0 Å². The summed E-state index contributed by atoms with van der Waals surface area (Å²) in [5.41, 5.74) is 1.10. The highest BCUT2D eigenvalue weighted by Crippen LogP contribution is 2.22. The average molecular weight is 374 g/mol. The minimum Gasteiger partial charge on any atom is -0.336 e. The molecule has 2 aromatic rings. The molecule has 3 rings (SSSR count). The molecular weight excluding hydrogens is 357 g/mol. The lowest BCUT2D eigenvalue weighted by Gasteiger charge is -2.25. The number of halogens is 2. The zero-order valence-electron chi connectivity index (χ0n) is 14.2. The highest BCUT2D eigenvalue weighted by Gasteiger charge is 2.27. The Morgan fingerprint density at radius 3 is 2.62 bits per heavy atom. The van der Waals surface area contributed by atoms with Crippen molar-refractivity contribution >= 4 is 34.8 Å². The van der Waals surface area contributed by atoms with Crippen molar-refractivity contribution in [2.75, 3.05) is 12.1 Å². The zero-order valence-corrected chi connectivity index (χ0v) is 14.9. The standard InChI is InChI=1S/C19H17ClFN3O2/c1-23(12-14-15(20)8-5-9-16(14)21)19(26)17-10-11-18(25)24(22-17)13-6-3-2-4-7-13/h2-9H,10-12H2,1H3. The number of anilines is 1. The second-order valence-electron chi connectivity index (χ2n) is 5.95. The summed E-state index contributed by atoms with van der Waals surface area (Å²) in [4.78, 5) is 26.2. The van der Waals surface area contributed by atoms with Gasteiger partial charge >= 0.3 is 0 Å². The summed E-state index contributed by atoms with van der Waals surface area (Å²) in [6.45, 7) is 0.0165. The third-order valence-corrected chi connectivity index (χ3v) is 4.44. The molecule has 0 radical (unpaired) electrons. The molecule has 0 saturated heterocycles. The van der Waals surface area contributed by atoms with Crippen LogP contribution in [-0.4, -0.2) is 29.5 Å². The monoisotopic (exact) mass is 373 g/mol. The molecule has 0 N–H and O–H groups in total. The van der Waals surface area contributed by atoms with E-state index in [9.17, 15) is 14.0 Å². The molecule has 0 saturated carbocycles. The highest BCUT2D eigenvalue weighted by atomic mass is 35.5. The first-order valence-corrected chi connectivity index (χ1v) is 8.49. The normalized spacial score (nSPS) is 14.2. The number of benzene rings is 2. The predicted octanol–water partition coefficient (Wildman–Crippen LogP) is 3.62.